The predicted octanol–water partition coefficient (Wildman–Crippen LogP) is 4.85. The van der Waals surface area contributed by atoms with Crippen molar-refractivity contribution < 1.29 is 0 Å². The zero-order valence-electron chi connectivity index (χ0n) is 18.6. The van der Waals surface area contributed by atoms with Crippen molar-refractivity contribution in [2.24, 2.45) is 0 Å². The van der Waals surface area contributed by atoms with Gasteiger partial charge in [-0.1, -0.05) is 30.3 Å². The van der Waals surface area contributed by atoms with Gasteiger partial charge in [0.1, 0.15) is 4.83 Å². The average Bonchev–Trinajstić information content (AvgIpc) is 3.38. The molecule has 0 bridgehead atoms. The van der Waals surface area contributed by atoms with E-state index in [-0.39, 0.29) is 5.56 Å². The molecule has 0 radical (unpaired) electrons. The third-order valence-corrected chi connectivity index (χ3v) is 8.40. The van der Waals surface area contributed by atoms with E-state index in [0.717, 1.165) is 59.6 Å². The largest absolute Gasteiger partial charge is 0.299 e. The molecule has 32 heavy (non-hydrogen) atoms. The smallest absolute Gasteiger partial charge is 0.262 e. The minimum Gasteiger partial charge on any atom is -0.299 e. The molecule has 3 aromatic heterocycles. The molecule has 1 aliphatic carbocycles. The Bertz CT molecular complexity index is 1270. The number of hydrogen-bond donors (Lipinski definition) is 0. The van der Waals surface area contributed by atoms with Crippen LogP contribution in [0.4, 0.5) is 0 Å². The average molecular weight is 465 g/mol. The summed E-state index contributed by atoms with van der Waals surface area (Å²) in [6.07, 6.45) is 6.66. The topological polar surface area (TPSA) is 51.0 Å². The Morgan fingerprint density at radius 1 is 1.25 bits per heavy atom. The summed E-state index contributed by atoms with van der Waals surface area (Å²) < 4.78 is 1.81. The summed E-state index contributed by atoms with van der Waals surface area (Å²) in [6.45, 7) is 3.64. The third-order valence-electron chi connectivity index (χ3n) is 6.42. The van der Waals surface area contributed by atoms with Crippen molar-refractivity contribution in [3.05, 3.63) is 79.1 Å². The van der Waals surface area contributed by atoms with Crippen molar-refractivity contribution in [2.45, 2.75) is 58.2 Å². The molecule has 0 N–H and O–H groups in total. The molecule has 3 heterocycles. The summed E-state index contributed by atoms with van der Waals surface area (Å²) in [5, 5.41) is 4.14. The Balaban J connectivity index is 1.30. The Morgan fingerprint density at radius 2 is 2.09 bits per heavy atom. The molecule has 0 saturated carbocycles. The van der Waals surface area contributed by atoms with Crippen LogP contribution in [0.15, 0.2) is 46.8 Å². The minimum atomic E-state index is 0.130. The Kier molecular flexibility index (Phi) is 6.22. The number of aromatic nitrogens is 3. The number of aryl methyl sites for hydroxylation is 4. The van der Waals surface area contributed by atoms with Gasteiger partial charge in [0.05, 0.1) is 22.4 Å². The zero-order valence-corrected chi connectivity index (χ0v) is 20.2. The van der Waals surface area contributed by atoms with E-state index in [1.165, 1.54) is 16.0 Å². The number of nitrogens with zero attached hydrogens (tertiary/aromatic N) is 4. The maximum Gasteiger partial charge on any atom is 0.262 e. The highest BCUT2D eigenvalue weighted by Gasteiger charge is 2.27. The minimum absolute atomic E-state index is 0.130. The van der Waals surface area contributed by atoms with Gasteiger partial charge in [-0.15, -0.1) is 22.7 Å². The fourth-order valence-corrected chi connectivity index (χ4v) is 6.54. The number of thiophene rings is 1. The summed E-state index contributed by atoms with van der Waals surface area (Å²) in [6, 6.07) is 10.9. The highest BCUT2D eigenvalue weighted by Crippen LogP contribution is 2.35. The van der Waals surface area contributed by atoms with Crippen molar-refractivity contribution in [3.63, 3.8) is 0 Å². The van der Waals surface area contributed by atoms with Crippen molar-refractivity contribution >= 4 is 32.9 Å². The fourth-order valence-electron chi connectivity index (χ4n) is 4.68. The number of thiazole rings is 1. The first kappa shape index (κ1) is 21.5. The second-order valence-corrected chi connectivity index (χ2v) is 10.8. The monoisotopic (exact) mass is 464 g/mol. The van der Waals surface area contributed by atoms with E-state index in [0.29, 0.717) is 12.6 Å². The van der Waals surface area contributed by atoms with Gasteiger partial charge in [-0.2, -0.15) is 0 Å². The summed E-state index contributed by atoms with van der Waals surface area (Å²) in [4.78, 5) is 27.2. The molecular weight excluding hydrogens is 436 g/mol. The number of rotatable bonds is 7. The number of benzene rings is 1. The summed E-state index contributed by atoms with van der Waals surface area (Å²) in [5.74, 6) is 0. The van der Waals surface area contributed by atoms with Gasteiger partial charge < -0.3 is 0 Å². The molecule has 1 atom stereocenters. The normalized spacial score (nSPS) is 16.0. The summed E-state index contributed by atoms with van der Waals surface area (Å²) in [5.41, 5.74) is 3.84. The second-order valence-electron chi connectivity index (χ2n) is 8.69. The fraction of sp³-hybridized carbons (Fsp3) is 0.400. The first-order valence-electron chi connectivity index (χ1n) is 11.2. The SMILES string of the molecule is Cc1nc(CN(C)C2CCc3c(sc4ncn(CCCc5ccccc5)c(=O)c34)C2)cs1. The van der Waals surface area contributed by atoms with E-state index in [4.69, 9.17) is 0 Å². The number of likely N-dealkylation sites (N-methyl/N-ethyl adjacent to an activating group) is 1. The lowest BCUT2D eigenvalue weighted by Crippen LogP contribution is -2.35. The lowest BCUT2D eigenvalue weighted by Gasteiger charge is -2.30. The van der Waals surface area contributed by atoms with Crippen LogP contribution >= 0.6 is 22.7 Å². The van der Waals surface area contributed by atoms with Crippen LogP contribution in [0.5, 0.6) is 0 Å². The number of fused-ring (bicyclic) bond motifs is 3. The van der Waals surface area contributed by atoms with Gasteiger partial charge in [-0.25, -0.2) is 9.97 Å². The van der Waals surface area contributed by atoms with E-state index in [9.17, 15) is 4.79 Å². The molecule has 0 amide bonds. The van der Waals surface area contributed by atoms with Crippen LogP contribution in [0.25, 0.3) is 10.2 Å². The molecule has 5 nitrogen and oxygen atoms in total. The van der Waals surface area contributed by atoms with Crippen LogP contribution in [0, 0.1) is 6.92 Å². The van der Waals surface area contributed by atoms with Gasteiger partial charge in [0.15, 0.2) is 0 Å². The van der Waals surface area contributed by atoms with E-state index in [1.807, 2.05) is 6.07 Å². The second kappa shape index (κ2) is 9.25. The van der Waals surface area contributed by atoms with Crippen molar-refractivity contribution in [1.82, 2.24) is 19.4 Å². The molecule has 1 aliphatic rings. The summed E-state index contributed by atoms with van der Waals surface area (Å²) >= 11 is 3.42. The van der Waals surface area contributed by atoms with Crippen molar-refractivity contribution in [1.29, 1.82) is 0 Å². The van der Waals surface area contributed by atoms with Crippen LogP contribution in [-0.4, -0.2) is 32.5 Å². The van der Waals surface area contributed by atoms with Crippen LogP contribution in [0.1, 0.15) is 39.5 Å². The van der Waals surface area contributed by atoms with Crippen LogP contribution < -0.4 is 5.56 Å². The van der Waals surface area contributed by atoms with Crippen LogP contribution in [0.3, 0.4) is 0 Å². The van der Waals surface area contributed by atoms with Gasteiger partial charge in [0, 0.05) is 29.4 Å². The van der Waals surface area contributed by atoms with E-state index in [1.54, 1.807) is 33.6 Å². The highest BCUT2D eigenvalue weighted by molar-refractivity contribution is 7.18. The third kappa shape index (κ3) is 4.42. The lowest BCUT2D eigenvalue weighted by atomic mass is 9.92. The molecule has 0 fully saturated rings. The molecule has 1 unspecified atom stereocenters. The molecule has 7 heteroatoms. The van der Waals surface area contributed by atoms with E-state index < -0.39 is 0 Å². The maximum absolute atomic E-state index is 13.3. The molecule has 1 aromatic carbocycles. The standard InChI is InChI=1S/C25H28N4OS2/c1-17-27-19(15-31-17)14-28(2)20-10-11-21-22(13-20)32-24-23(21)25(30)29(16-26-24)12-6-9-18-7-4-3-5-8-18/h3-5,7-8,15-16,20H,6,9-14H2,1-2H3. The van der Waals surface area contributed by atoms with Gasteiger partial charge in [-0.3, -0.25) is 14.3 Å². The quantitative estimate of drug-likeness (QED) is 0.393. The maximum atomic E-state index is 13.3. The Labute approximate surface area is 196 Å². The molecule has 0 aliphatic heterocycles. The Hall–Kier alpha value is -2.35. The zero-order chi connectivity index (χ0) is 22.1. The van der Waals surface area contributed by atoms with E-state index >= 15 is 0 Å². The van der Waals surface area contributed by atoms with Gasteiger partial charge in [0.2, 0.25) is 0 Å². The van der Waals surface area contributed by atoms with Crippen LogP contribution in [0.2, 0.25) is 0 Å². The number of hydrogen-bond acceptors (Lipinski definition) is 6. The first-order valence-corrected chi connectivity index (χ1v) is 12.9. The Morgan fingerprint density at radius 3 is 2.88 bits per heavy atom. The first-order chi connectivity index (χ1) is 15.6. The summed E-state index contributed by atoms with van der Waals surface area (Å²) in [7, 11) is 2.19. The molecule has 4 aromatic rings. The molecule has 5 rings (SSSR count). The van der Waals surface area contributed by atoms with Crippen molar-refractivity contribution in [2.75, 3.05) is 7.05 Å². The van der Waals surface area contributed by atoms with E-state index in [2.05, 4.69) is 58.5 Å². The van der Waals surface area contributed by atoms with Gasteiger partial charge in [0.25, 0.3) is 5.56 Å². The molecule has 0 saturated heterocycles. The van der Waals surface area contributed by atoms with Crippen LogP contribution in [-0.2, 0) is 32.4 Å². The van der Waals surface area contributed by atoms with Gasteiger partial charge in [-0.05, 0) is 57.2 Å². The molecular formula is C25H28N4OS2. The lowest BCUT2D eigenvalue weighted by molar-refractivity contribution is 0.213. The van der Waals surface area contributed by atoms with Crippen molar-refractivity contribution in [3.8, 4) is 0 Å². The molecule has 0 spiro atoms. The highest BCUT2D eigenvalue weighted by atomic mass is 32.1. The molecule has 166 valence electrons. The van der Waals surface area contributed by atoms with Gasteiger partial charge >= 0.3 is 0 Å². The predicted molar refractivity (Wildman–Crippen MR) is 133 cm³/mol.